The number of thiazole rings is 1. The van der Waals surface area contributed by atoms with Gasteiger partial charge in [-0.2, -0.15) is 0 Å². The van der Waals surface area contributed by atoms with Crippen molar-refractivity contribution in [2.75, 3.05) is 18.1 Å². The van der Waals surface area contributed by atoms with Gasteiger partial charge in [-0.05, 0) is 31.9 Å². The lowest BCUT2D eigenvalue weighted by molar-refractivity contribution is -0.160. The quantitative estimate of drug-likeness (QED) is 0.111. The molecule has 4 rings (SSSR count). The molecule has 2 aliphatic rings. The van der Waals surface area contributed by atoms with Gasteiger partial charge in [-0.15, -0.1) is 34.7 Å². The number of nitrogens with zero attached hydrogens (tertiary/aromatic N) is 3. The molecule has 0 spiro atoms. The topological polar surface area (TPSA) is 159 Å². The van der Waals surface area contributed by atoms with Gasteiger partial charge in [-0.1, -0.05) is 41.6 Å². The number of ether oxygens (including phenoxy) is 2. The van der Waals surface area contributed by atoms with Crippen LogP contribution in [0.4, 0.5) is 5.13 Å². The van der Waals surface area contributed by atoms with Crippen LogP contribution in [0.1, 0.15) is 37.6 Å². The highest BCUT2D eigenvalue weighted by Crippen LogP contribution is 2.43. The van der Waals surface area contributed by atoms with Gasteiger partial charge < -0.3 is 30.7 Å². The summed E-state index contributed by atoms with van der Waals surface area (Å²) < 4.78 is 10.4. The first-order valence-corrected chi connectivity index (χ1v) is 14.7. The van der Waals surface area contributed by atoms with Crippen molar-refractivity contribution in [3.63, 3.8) is 0 Å². The number of hydrogen-bond acceptors (Lipinski definition) is 13. The molecule has 1 saturated heterocycles. The fourth-order valence-electron chi connectivity index (χ4n) is 3.81. The number of thioether (sulfide) groups is 1. The lowest BCUT2D eigenvalue weighted by Gasteiger charge is -2.50. The summed E-state index contributed by atoms with van der Waals surface area (Å²) in [4.78, 5) is 49.8. The third-order valence-corrected chi connectivity index (χ3v) is 8.31. The van der Waals surface area contributed by atoms with E-state index in [0.717, 1.165) is 22.5 Å². The Labute approximate surface area is 248 Å². The summed E-state index contributed by atoms with van der Waals surface area (Å²) in [5.41, 5.74) is 13.1. The largest absolute Gasteiger partial charge is 0.457 e. The normalized spacial score (nSPS) is 19.1. The average molecular weight is 624 g/mol. The second kappa shape index (κ2) is 12.2. The zero-order valence-electron chi connectivity index (χ0n) is 21.7. The Balaban J connectivity index is 1.62. The number of rotatable bonds is 8. The van der Waals surface area contributed by atoms with Gasteiger partial charge >= 0.3 is 17.9 Å². The van der Waals surface area contributed by atoms with Gasteiger partial charge in [0.25, 0.3) is 0 Å². The first-order valence-electron chi connectivity index (χ1n) is 11.9. The minimum absolute atomic E-state index is 0.00826. The standard InChI is InChI=1S/C25H26ClN5O6S3/c1-25(2,3)37-16(32)9-35-30-18(15-11-40-24(28)29-15)22(33)36-23(34)19-14(13-6-4-12(8-26)5-7-13)10-39-21-17(27)20(38)31(19)21/h4-7,11,17,21H,8-10,27H2,1-3H3,(H2,28,29)/t17?,21-/m0/s1. The molecule has 1 aromatic carbocycles. The summed E-state index contributed by atoms with van der Waals surface area (Å²) in [5, 5.41) is 5.04. The Bertz CT molecular complexity index is 1400. The van der Waals surface area contributed by atoms with Gasteiger partial charge in [0.15, 0.2) is 5.13 Å². The Morgan fingerprint density at radius 1 is 1.25 bits per heavy atom. The van der Waals surface area contributed by atoms with E-state index in [2.05, 4.69) is 10.1 Å². The summed E-state index contributed by atoms with van der Waals surface area (Å²) >= 11 is 13.9. The van der Waals surface area contributed by atoms with Crippen LogP contribution in [0.2, 0.25) is 0 Å². The van der Waals surface area contributed by atoms with Crippen molar-refractivity contribution < 1.29 is 28.7 Å². The molecule has 1 unspecified atom stereocenters. The Hall–Kier alpha value is -3.04. The lowest BCUT2D eigenvalue weighted by Crippen LogP contribution is -2.67. The predicted octanol–water partition coefficient (Wildman–Crippen LogP) is 3.05. The molecule has 15 heteroatoms. The first kappa shape index (κ1) is 29.9. The van der Waals surface area contributed by atoms with E-state index in [1.165, 1.54) is 17.1 Å². The number of nitrogens with two attached hydrogens (primary N) is 2. The van der Waals surface area contributed by atoms with Crippen molar-refractivity contribution >= 4 is 86.2 Å². The molecule has 2 atom stereocenters. The molecular formula is C25H26ClN5O6S3. The molecule has 212 valence electrons. The van der Waals surface area contributed by atoms with Crippen molar-refractivity contribution in [2.45, 2.75) is 43.7 Å². The van der Waals surface area contributed by atoms with Crippen molar-refractivity contribution in [1.82, 2.24) is 9.88 Å². The van der Waals surface area contributed by atoms with Crippen LogP contribution < -0.4 is 11.5 Å². The van der Waals surface area contributed by atoms with Gasteiger partial charge in [-0.25, -0.2) is 19.4 Å². The molecule has 4 N–H and O–H groups in total. The molecule has 1 aromatic heterocycles. The fraction of sp³-hybridized carbons (Fsp3) is 0.360. The van der Waals surface area contributed by atoms with Crippen molar-refractivity contribution in [3.05, 3.63) is 52.2 Å². The van der Waals surface area contributed by atoms with E-state index in [1.54, 1.807) is 25.7 Å². The number of esters is 3. The Morgan fingerprint density at radius 2 is 1.95 bits per heavy atom. The van der Waals surface area contributed by atoms with Crippen LogP contribution in [-0.4, -0.2) is 67.9 Å². The van der Waals surface area contributed by atoms with Gasteiger partial charge in [0.05, 0.1) is 6.04 Å². The third kappa shape index (κ3) is 6.63. The number of hydrogen-bond donors (Lipinski definition) is 2. The highest BCUT2D eigenvalue weighted by Gasteiger charge is 2.50. The fourth-order valence-corrected chi connectivity index (χ4v) is 6.37. The number of carbonyl (C=O) groups excluding carboxylic acids is 3. The van der Waals surface area contributed by atoms with Crippen molar-refractivity contribution in [3.8, 4) is 0 Å². The van der Waals surface area contributed by atoms with E-state index in [9.17, 15) is 14.4 Å². The van der Waals surface area contributed by atoms with E-state index in [-0.39, 0.29) is 21.9 Å². The number of nitrogen functional groups attached to an aromatic ring is 1. The smallest absolute Gasteiger partial charge is 0.370 e. The maximum Gasteiger partial charge on any atom is 0.370 e. The van der Waals surface area contributed by atoms with Crippen LogP contribution >= 0.6 is 46.9 Å². The number of fused-ring (bicyclic) bond motifs is 1. The molecule has 11 nitrogen and oxygen atoms in total. The predicted molar refractivity (Wildman–Crippen MR) is 158 cm³/mol. The minimum atomic E-state index is -1.16. The van der Waals surface area contributed by atoms with Crippen LogP contribution in [0.3, 0.4) is 0 Å². The molecule has 2 aromatic rings. The molecule has 2 aliphatic heterocycles. The average Bonchev–Trinajstić information content (AvgIpc) is 3.34. The summed E-state index contributed by atoms with van der Waals surface area (Å²) in [7, 11) is 0. The summed E-state index contributed by atoms with van der Waals surface area (Å²) in [6.45, 7) is 4.50. The monoisotopic (exact) mass is 623 g/mol. The summed E-state index contributed by atoms with van der Waals surface area (Å²) in [5.74, 6) is -2.05. The molecule has 0 aliphatic carbocycles. The number of alkyl halides is 1. The van der Waals surface area contributed by atoms with Crippen LogP contribution in [-0.2, 0) is 34.6 Å². The maximum atomic E-state index is 13.6. The van der Waals surface area contributed by atoms with Crippen LogP contribution in [0.15, 0.2) is 40.5 Å². The van der Waals surface area contributed by atoms with Gasteiger partial charge in [0, 0.05) is 22.6 Å². The molecule has 40 heavy (non-hydrogen) atoms. The first-order chi connectivity index (χ1) is 18.9. The molecule has 0 saturated carbocycles. The minimum Gasteiger partial charge on any atom is -0.457 e. The number of aromatic nitrogens is 1. The molecule has 1 fully saturated rings. The van der Waals surface area contributed by atoms with Crippen LogP contribution in [0.5, 0.6) is 0 Å². The number of oxime groups is 1. The van der Waals surface area contributed by atoms with E-state index in [1.807, 2.05) is 24.3 Å². The number of carbonyl (C=O) groups is 3. The summed E-state index contributed by atoms with van der Waals surface area (Å²) in [6.07, 6.45) is 0. The van der Waals surface area contributed by atoms with Gasteiger partial charge in [-0.3, -0.25) is 0 Å². The van der Waals surface area contributed by atoms with Crippen LogP contribution in [0.25, 0.3) is 5.57 Å². The third-order valence-electron chi connectivity index (χ3n) is 5.56. The van der Waals surface area contributed by atoms with E-state index in [4.69, 9.17) is 49.6 Å². The summed E-state index contributed by atoms with van der Waals surface area (Å²) in [6, 6.07) is 6.94. The van der Waals surface area contributed by atoms with E-state index < -0.39 is 41.9 Å². The SMILES string of the molecule is CC(C)(C)OC(=O)CON=C(C(=O)OC(=O)C1=C(c2ccc(CCl)cc2)CS[C@H]2C(N)C(=S)N12)c1csc(N)n1. The number of halogens is 1. The second-order valence-corrected chi connectivity index (χ2v) is 12.3. The van der Waals surface area contributed by atoms with Gasteiger partial charge in [0.1, 0.15) is 27.4 Å². The molecule has 0 bridgehead atoms. The Kier molecular flexibility index (Phi) is 9.15. The molecule has 3 heterocycles. The zero-order chi connectivity index (χ0) is 29.2. The van der Waals surface area contributed by atoms with Crippen molar-refractivity contribution in [1.29, 1.82) is 0 Å². The lowest BCUT2D eigenvalue weighted by atomic mass is 9.99. The van der Waals surface area contributed by atoms with Gasteiger partial charge in [0.2, 0.25) is 12.3 Å². The highest BCUT2D eigenvalue weighted by atomic mass is 35.5. The number of benzene rings is 1. The number of thiocarbonyl (C=S) groups is 1. The second-order valence-electron chi connectivity index (χ2n) is 9.64. The number of anilines is 1. The maximum absolute atomic E-state index is 13.6. The molecule has 0 amide bonds. The van der Waals surface area contributed by atoms with Crippen molar-refractivity contribution in [2.24, 2.45) is 10.9 Å². The van der Waals surface area contributed by atoms with E-state index >= 15 is 0 Å². The zero-order valence-corrected chi connectivity index (χ0v) is 24.9. The Morgan fingerprint density at radius 3 is 2.55 bits per heavy atom. The van der Waals surface area contributed by atoms with E-state index in [0.29, 0.717) is 22.2 Å². The molecular weight excluding hydrogens is 598 g/mol. The van der Waals surface area contributed by atoms with Crippen LogP contribution in [0, 0.1) is 0 Å². The molecule has 0 radical (unpaired) electrons. The highest BCUT2D eigenvalue weighted by molar-refractivity contribution is 8.00.